The Balaban J connectivity index is 2.23. The van der Waals surface area contributed by atoms with Gasteiger partial charge in [-0.25, -0.2) is 0 Å². The Morgan fingerprint density at radius 2 is 2.21 bits per heavy atom. The van der Waals surface area contributed by atoms with Gasteiger partial charge in [0, 0.05) is 42.9 Å². The van der Waals surface area contributed by atoms with E-state index < -0.39 is 0 Å². The zero-order chi connectivity index (χ0) is 13.7. The minimum atomic E-state index is 0.141. The number of amidine groups is 1. The summed E-state index contributed by atoms with van der Waals surface area (Å²) in [5.74, 6) is 0.141. The Morgan fingerprint density at radius 3 is 2.95 bits per heavy atom. The van der Waals surface area contributed by atoms with Crippen LogP contribution in [-0.4, -0.2) is 29.3 Å². The first-order valence-corrected chi connectivity index (χ1v) is 6.32. The highest BCUT2D eigenvalue weighted by atomic mass is 16.5. The Bertz CT molecular complexity index is 575. The number of nitrogens with zero attached hydrogens (tertiary/aromatic N) is 2. The molecule has 0 saturated carbocycles. The van der Waals surface area contributed by atoms with Crippen LogP contribution in [0.25, 0.3) is 10.9 Å². The van der Waals surface area contributed by atoms with Crippen LogP contribution < -0.4 is 5.73 Å². The quantitative estimate of drug-likeness (QED) is 0.275. The summed E-state index contributed by atoms with van der Waals surface area (Å²) in [5.41, 5.74) is 7.54. The van der Waals surface area contributed by atoms with Gasteiger partial charge in [0.15, 0.2) is 5.84 Å². The van der Waals surface area contributed by atoms with E-state index in [2.05, 4.69) is 9.72 Å². The van der Waals surface area contributed by atoms with Crippen molar-refractivity contribution in [3.8, 4) is 0 Å². The highest BCUT2D eigenvalue weighted by Crippen LogP contribution is 2.20. The summed E-state index contributed by atoms with van der Waals surface area (Å²) in [4.78, 5) is 0. The topological polar surface area (TPSA) is 72.8 Å². The lowest BCUT2D eigenvalue weighted by atomic mass is 10.1. The Labute approximate surface area is 112 Å². The lowest BCUT2D eigenvalue weighted by Crippen LogP contribution is -2.13. The number of unbranched alkanes of at least 4 members (excludes halogenated alkanes) is 1. The van der Waals surface area contributed by atoms with E-state index in [9.17, 15) is 0 Å². The first-order chi connectivity index (χ1) is 9.27. The predicted molar refractivity (Wildman–Crippen MR) is 75.6 cm³/mol. The SMILES string of the molecule is COCCCCn1ccc2c(/C(N)=N/O)cccc21. The van der Waals surface area contributed by atoms with Crippen LogP contribution in [0.5, 0.6) is 0 Å². The third-order valence-corrected chi connectivity index (χ3v) is 3.19. The molecule has 5 heteroatoms. The molecule has 0 aliphatic heterocycles. The van der Waals surface area contributed by atoms with Gasteiger partial charge in [-0.2, -0.15) is 0 Å². The summed E-state index contributed by atoms with van der Waals surface area (Å²) in [6.07, 6.45) is 4.13. The molecule has 2 rings (SSSR count). The van der Waals surface area contributed by atoms with Crippen molar-refractivity contribution < 1.29 is 9.94 Å². The van der Waals surface area contributed by atoms with Crippen molar-refractivity contribution in [1.82, 2.24) is 4.57 Å². The molecule has 102 valence electrons. The number of aromatic nitrogens is 1. The lowest BCUT2D eigenvalue weighted by molar-refractivity contribution is 0.191. The van der Waals surface area contributed by atoms with Crippen LogP contribution in [0.2, 0.25) is 0 Å². The molecule has 0 radical (unpaired) electrons. The minimum Gasteiger partial charge on any atom is -0.409 e. The van der Waals surface area contributed by atoms with Crippen molar-refractivity contribution >= 4 is 16.7 Å². The molecule has 1 heterocycles. The predicted octanol–water partition coefficient (Wildman–Crippen LogP) is 2.16. The van der Waals surface area contributed by atoms with E-state index in [4.69, 9.17) is 15.7 Å². The molecule has 0 fully saturated rings. The van der Waals surface area contributed by atoms with E-state index in [1.165, 1.54) is 0 Å². The Hall–Kier alpha value is -2.01. The summed E-state index contributed by atoms with van der Waals surface area (Å²) in [5, 5.41) is 12.9. The van der Waals surface area contributed by atoms with Gasteiger partial charge in [0.1, 0.15) is 0 Å². The fourth-order valence-corrected chi connectivity index (χ4v) is 2.22. The monoisotopic (exact) mass is 261 g/mol. The summed E-state index contributed by atoms with van der Waals surface area (Å²) in [7, 11) is 1.72. The zero-order valence-corrected chi connectivity index (χ0v) is 11.0. The number of nitrogens with two attached hydrogens (primary N) is 1. The largest absolute Gasteiger partial charge is 0.409 e. The highest BCUT2D eigenvalue weighted by Gasteiger charge is 2.08. The van der Waals surface area contributed by atoms with Crippen molar-refractivity contribution in [1.29, 1.82) is 0 Å². The molecule has 0 spiro atoms. The molecule has 2 aromatic rings. The molecule has 1 aromatic carbocycles. The van der Waals surface area contributed by atoms with Gasteiger partial charge in [0.2, 0.25) is 0 Å². The molecule has 3 N–H and O–H groups in total. The second-order valence-corrected chi connectivity index (χ2v) is 4.43. The zero-order valence-electron chi connectivity index (χ0n) is 11.0. The molecule has 1 aromatic heterocycles. The van der Waals surface area contributed by atoms with Crippen LogP contribution in [0, 0.1) is 0 Å². The highest BCUT2D eigenvalue weighted by molar-refractivity contribution is 6.08. The third kappa shape index (κ3) is 2.88. The van der Waals surface area contributed by atoms with Crippen LogP contribution in [0.1, 0.15) is 18.4 Å². The minimum absolute atomic E-state index is 0.141. The van der Waals surface area contributed by atoms with E-state index in [0.29, 0.717) is 0 Å². The van der Waals surface area contributed by atoms with E-state index in [-0.39, 0.29) is 5.84 Å². The molecule has 0 aliphatic rings. The van der Waals surface area contributed by atoms with E-state index in [0.717, 1.165) is 42.5 Å². The number of hydrogen-bond acceptors (Lipinski definition) is 3. The van der Waals surface area contributed by atoms with E-state index in [1.807, 2.05) is 30.5 Å². The average Bonchev–Trinajstić information content (AvgIpc) is 2.86. The van der Waals surface area contributed by atoms with Crippen LogP contribution in [0.3, 0.4) is 0 Å². The normalized spacial score (nSPS) is 12.2. The Kier molecular flexibility index (Phi) is 4.41. The number of fused-ring (bicyclic) bond motifs is 1. The molecule has 19 heavy (non-hydrogen) atoms. The summed E-state index contributed by atoms with van der Waals surface area (Å²) >= 11 is 0. The number of hydrogen-bond donors (Lipinski definition) is 2. The molecule has 0 saturated heterocycles. The van der Waals surface area contributed by atoms with Crippen LogP contribution >= 0.6 is 0 Å². The van der Waals surface area contributed by atoms with Crippen LogP contribution in [-0.2, 0) is 11.3 Å². The number of aryl methyl sites for hydroxylation is 1. The molecule has 0 unspecified atom stereocenters. The summed E-state index contributed by atoms with van der Waals surface area (Å²) < 4.78 is 7.22. The number of rotatable bonds is 6. The number of benzene rings is 1. The summed E-state index contributed by atoms with van der Waals surface area (Å²) in [6, 6.07) is 7.81. The van der Waals surface area contributed by atoms with Crippen molar-refractivity contribution in [2.45, 2.75) is 19.4 Å². The summed E-state index contributed by atoms with van der Waals surface area (Å²) in [6.45, 7) is 1.72. The number of oxime groups is 1. The maximum atomic E-state index is 8.80. The van der Waals surface area contributed by atoms with Gasteiger partial charge in [-0.15, -0.1) is 0 Å². The number of methoxy groups -OCH3 is 1. The smallest absolute Gasteiger partial charge is 0.170 e. The van der Waals surface area contributed by atoms with Gasteiger partial charge in [-0.1, -0.05) is 17.3 Å². The molecular weight excluding hydrogens is 242 g/mol. The molecule has 0 bridgehead atoms. The van der Waals surface area contributed by atoms with Crippen molar-refractivity contribution in [2.24, 2.45) is 10.9 Å². The van der Waals surface area contributed by atoms with E-state index >= 15 is 0 Å². The molecule has 0 atom stereocenters. The maximum absolute atomic E-state index is 8.80. The Morgan fingerprint density at radius 1 is 1.37 bits per heavy atom. The molecule has 0 aliphatic carbocycles. The van der Waals surface area contributed by atoms with Gasteiger partial charge < -0.3 is 20.2 Å². The van der Waals surface area contributed by atoms with Gasteiger partial charge in [-0.3, -0.25) is 0 Å². The third-order valence-electron chi connectivity index (χ3n) is 3.19. The van der Waals surface area contributed by atoms with Gasteiger partial charge in [0.05, 0.1) is 0 Å². The van der Waals surface area contributed by atoms with Gasteiger partial charge in [0.25, 0.3) is 0 Å². The van der Waals surface area contributed by atoms with Crippen molar-refractivity contribution in [3.05, 3.63) is 36.0 Å². The van der Waals surface area contributed by atoms with Crippen molar-refractivity contribution in [2.75, 3.05) is 13.7 Å². The standard InChI is InChI=1S/C14H19N3O2/c1-19-10-3-2-8-17-9-7-11-12(14(15)16-18)5-4-6-13(11)17/h4-7,9,18H,2-3,8,10H2,1H3,(H2,15,16). The van der Waals surface area contributed by atoms with Crippen LogP contribution in [0.15, 0.2) is 35.6 Å². The maximum Gasteiger partial charge on any atom is 0.170 e. The van der Waals surface area contributed by atoms with Gasteiger partial charge in [-0.05, 0) is 25.0 Å². The fourth-order valence-electron chi connectivity index (χ4n) is 2.22. The fraction of sp³-hybridized carbons (Fsp3) is 0.357. The van der Waals surface area contributed by atoms with Crippen molar-refractivity contribution in [3.63, 3.8) is 0 Å². The molecule has 5 nitrogen and oxygen atoms in total. The molecule has 0 amide bonds. The first-order valence-electron chi connectivity index (χ1n) is 6.32. The number of ether oxygens (including phenoxy) is 1. The van der Waals surface area contributed by atoms with E-state index in [1.54, 1.807) is 7.11 Å². The van der Waals surface area contributed by atoms with Crippen LogP contribution in [0.4, 0.5) is 0 Å². The molecular formula is C14H19N3O2. The second-order valence-electron chi connectivity index (χ2n) is 4.43. The lowest BCUT2D eigenvalue weighted by Gasteiger charge is -2.06. The van der Waals surface area contributed by atoms with Gasteiger partial charge >= 0.3 is 0 Å². The average molecular weight is 261 g/mol. The second kappa shape index (κ2) is 6.24. The first kappa shape index (κ1) is 13.4.